The zero-order valence-corrected chi connectivity index (χ0v) is 9.02. The largest absolute Gasteiger partial charge is 0.420 e. The van der Waals surface area contributed by atoms with Crippen LogP contribution in [0.3, 0.4) is 0 Å². The lowest BCUT2D eigenvalue weighted by molar-refractivity contribution is 0.249. The number of urea groups is 1. The first-order valence-corrected chi connectivity index (χ1v) is 7.18. The standard InChI is InChI=1S/C7H18N2O2Si/c1-11-12(2,3)6-4-5-9-7(8)10/h4-6H2,1-3H3,(H3,8,9,10). The van der Waals surface area contributed by atoms with E-state index < -0.39 is 14.3 Å². The van der Waals surface area contributed by atoms with E-state index in [0.29, 0.717) is 6.54 Å². The van der Waals surface area contributed by atoms with E-state index in [0.717, 1.165) is 12.5 Å². The molecule has 0 bridgehead atoms. The smallest absolute Gasteiger partial charge is 0.312 e. The number of hydrogen-bond acceptors (Lipinski definition) is 2. The second kappa shape index (κ2) is 5.16. The highest BCUT2D eigenvalue weighted by Gasteiger charge is 2.19. The summed E-state index contributed by atoms with van der Waals surface area (Å²) in [7, 11) is 0.302. The van der Waals surface area contributed by atoms with Crippen LogP contribution in [0.1, 0.15) is 6.42 Å². The molecule has 0 saturated heterocycles. The van der Waals surface area contributed by atoms with Crippen molar-refractivity contribution in [1.29, 1.82) is 0 Å². The number of primary amides is 1. The number of nitrogens with two attached hydrogens (primary N) is 1. The summed E-state index contributed by atoms with van der Waals surface area (Å²) in [6, 6.07) is 0.593. The number of nitrogens with one attached hydrogen (secondary N) is 1. The lowest BCUT2D eigenvalue weighted by Gasteiger charge is -2.19. The van der Waals surface area contributed by atoms with E-state index in [4.69, 9.17) is 10.2 Å². The molecule has 0 radical (unpaired) electrons. The van der Waals surface area contributed by atoms with Crippen molar-refractivity contribution in [2.45, 2.75) is 25.6 Å². The summed E-state index contributed by atoms with van der Waals surface area (Å²) in [6.07, 6.45) is 0.940. The van der Waals surface area contributed by atoms with Crippen LogP contribution in [0.2, 0.25) is 19.1 Å². The third-order valence-corrected chi connectivity index (χ3v) is 4.47. The monoisotopic (exact) mass is 190 g/mol. The fraction of sp³-hybridized carbons (Fsp3) is 0.857. The molecule has 0 aliphatic carbocycles. The Morgan fingerprint density at radius 2 is 2.17 bits per heavy atom. The molecule has 0 fully saturated rings. The lowest BCUT2D eigenvalue weighted by atomic mass is 10.5. The first kappa shape index (κ1) is 11.4. The van der Waals surface area contributed by atoms with Gasteiger partial charge in [0, 0.05) is 13.7 Å². The van der Waals surface area contributed by atoms with Gasteiger partial charge in [0.15, 0.2) is 8.32 Å². The molecule has 0 heterocycles. The van der Waals surface area contributed by atoms with Crippen molar-refractivity contribution in [2.24, 2.45) is 5.73 Å². The highest BCUT2D eigenvalue weighted by molar-refractivity contribution is 6.71. The van der Waals surface area contributed by atoms with Gasteiger partial charge >= 0.3 is 6.03 Å². The van der Waals surface area contributed by atoms with Crippen molar-refractivity contribution in [3.8, 4) is 0 Å². The minimum Gasteiger partial charge on any atom is -0.420 e. The molecule has 4 nitrogen and oxygen atoms in total. The van der Waals surface area contributed by atoms with E-state index in [2.05, 4.69) is 18.4 Å². The van der Waals surface area contributed by atoms with E-state index in [-0.39, 0.29) is 0 Å². The fourth-order valence-electron chi connectivity index (χ4n) is 0.828. The zero-order valence-electron chi connectivity index (χ0n) is 8.02. The average molecular weight is 190 g/mol. The number of amides is 2. The van der Waals surface area contributed by atoms with Crippen LogP contribution in [0.4, 0.5) is 4.79 Å². The van der Waals surface area contributed by atoms with Crippen molar-refractivity contribution < 1.29 is 9.22 Å². The molecular weight excluding hydrogens is 172 g/mol. The molecule has 0 aliphatic rings. The number of carbonyl (C=O) groups is 1. The van der Waals surface area contributed by atoms with E-state index in [9.17, 15) is 4.79 Å². The third kappa shape index (κ3) is 6.18. The van der Waals surface area contributed by atoms with Crippen molar-refractivity contribution in [2.75, 3.05) is 13.7 Å². The maximum Gasteiger partial charge on any atom is 0.312 e. The summed E-state index contributed by atoms with van der Waals surface area (Å²) in [5, 5.41) is 2.55. The lowest BCUT2D eigenvalue weighted by Crippen LogP contribution is -2.33. The van der Waals surface area contributed by atoms with Gasteiger partial charge in [-0.3, -0.25) is 0 Å². The van der Waals surface area contributed by atoms with Gasteiger partial charge in [-0.2, -0.15) is 0 Å². The van der Waals surface area contributed by atoms with Gasteiger partial charge in [0.25, 0.3) is 0 Å². The van der Waals surface area contributed by atoms with Gasteiger partial charge in [-0.25, -0.2) is 4.79 Å². The van der Waals surface area contributed by atoms with E-state index >= 15 is 0 Å². The van der Waals surface area contributed by atoms with E-state index in [1.165, 1.54) is 0 Å². The third-order valence-electron chi connectivity index (χ3n) is 1.81. The topological polar surface area (TPSA) is 64.3 Å². The summed E-state index contributed by atoms with van der Waals surface area (Å²) >= 11 is 0. The quantitative estimate of drug-likeness (QED) is 0.499. The Kier molecular flexibility index (Phi) is 4.92. The molecule has 0 aromatic heterocycles. The summed E-state index contributed by atoms with van der Waals surface area (Å²) in [5.74, 6) is 0. The van der Waals surface area contributed by atoms with Crippen molar-refractivity contribution >= 4 is 14.3 Å². The molecule has 2 amide bonds. The summed E-state index contributed by atoms with van der Waals surface area (Å²) < 4.78 is 5.34. The second-order valence-electron chi connectivity index (χ2n) is 3.36. The van der Waals surface area contributed by atoms with Crippen LogP contribution in [0.25, 0.3) is 0 Å². The number of hydrogen-bond donors (Lipinski definition) is 2. The van der Waals surface area contributed by atoms with E-state index in [1.54, 1.807) is 7.11 Å². The first-order chi connectivity index (χ1) is 5.48. The zero-order chi connectivity index (χ0) is 9.61. The number of carbonyl (C=O) groups excluding carboxylic acids is 1. The molecule has 0 saturated carbocycles. The SMILES string of the molecule is CO[Si](C)(C)CCCNC(N)=O. The molecule has 72 valence electrons. The molecule has 0 unspecified atom stereocenters. The van der Waals surface area contributed by atoms with Gasteiger partial charge in [0.2, 0.25) is 0 Å². The summed E-state index contributed by atoms with van der Waals surface area (Å²) in [4.78, 5) is 10.3. The maximum absolute atomic E-state index is 10.3. The predicted octanol–water partition coefficient (Wildman–Crippen LogP) is 0.896. The Morgan fingerprint density at radius 3 is 2.58 bits per heavy atom. The fourth-order valence-corrected chi connectivity index (χ4v) is 2.06. The summed E-state index contributed by atoms with van der Waals surface area (Å²) in [5.41, 5.74) is 4.90. The van der Waals surface area contributed by atoms with Crippen LogP contribution in [0.15, 0.2) is 0 Å². The van der Waals surface area contributed by atoms with Gasteiger partial charge in [-0.1, -0.05) is 0 Å². The van der Waals surface area contributed by atoms with Gasteiger partial charge < -0.3 is 15.5 Å². The van der Waals surface area contributed by atoms with Gasteiger partial charge in [0.1, 0.15) is 0 Å². The Morgan fingerprint density at radius 1 is 1.58 bits per heavy atom. The van der Waals surface area contributed by atoms with Crippen LogP contribution in [0, 0.1) is 0 Å². The molecule has 0 aromatic carbocycles. The van der Waals surface area contributed by atoms with Crippen molar-refractivity contribution in [1.82, 2.24) is 5.32 Å². The highest BCUT2D eigenvalue weighted by Crippen LogP contribution is 2.11. The van der Waals surface area contributed by atoms with Crippen LogP contribution in [-0.4, -0.2) is 28.0 Å². The highest BCUT2D eigenvalue weighted by atomic mass is 28.4. The van der Waals surface area contributed by atoms with Crippen LogP contribution >= 0.6 is 0 Å². The Bertz CT molecular complexity index is 150. The Hall–Kier alpha value is -0.553. The maximum atomic E-state index is 10.3. The predicted molar refractivity (Wildman–Crippen MR) is 51.5 cm³/mol. The minimum atomic E-state index is -1.44. The Balaban J connectivity index is 3.37. The Labute approximate surface area is 74.6 Å². The normalized spacial score (nSPS) is 11.2. The van der Waals surface area contributed by atoms with Crippen LogP contribution in [0.5, 0.6) is 0 Å². The average Bonchev–Trinajstić information content (AvgIpc) is 1.98. The molecule has 0 rings (SSSR count). The minimum absolute atomic E-state index is 0.452. The van der Waals surface area contributed by atoms with E-state index in [1.807, 2.05) is 0 Å². The molecular formula is C7H18N2O2Si. The summed E-state index contributed by atoms with van der Waals surface area (Å²) in [6.45, 7) is 4.95. The molecule has 12 heavy (non-hydrogen) atoms. The van der Waals surface area contributed by atoms with Crippen LogP contribution < -0.4 is 11.1 Å². The second-order valence-corrected chi connectivity index (χ2v) is 7.79. The molecule has 5 heteroatoms. The molecule has 0 atom stereocenters. The van der Waals surface area contributed by atoms with Gasteiger partial charge in [0.05, 0.1) is 0 Å². The van der Waals surface area contributed by atoms with Gasteiger partial charge in [-0.15, -0.1) is 0 Å². The molecule has 0 spiro atoms. The first-order valence-electron chi connectivity index (χ1n) is 4.06. The number of rotatable bonds is 5. The van der Waals surface area contributed by atoms with Crippen molar-refractivity contribution in [3.05, 3.63) is 0 Å². The molecule has 3 N–H and O–H groups in total. The van der Waals surface area contributed by atoms with Crippen LogP contribution in [-0.2, 0) is 4.43 Å². The van der Waals surface area contributed by atoms with Gasteiger partial charge in [-0.05, 0) is 25.6 Å². The molecule has 0 aliphatic heterocycles. The molecule has 0 aromatic rings. The van der Waals surface area contributed by atoms with Crippen molar-refractivity contribution in [3.63, 3.8) is 0 Å².